The fourth-order valence-corrected chi connectivity index (χ4v) is 2.72. The standard InChI is InChI=1S/C16H19N4/c1-3-5-10-13-14-11-8-6-7-9-12(11)18-16(17)15(14)19-20(13)4-2/h3,6-9H,4-5,10H2,1-2H3,(H2,17,18). The molecule has 3 aromatic rings. The van der Waals surface area contributed by atoms with E-state index in [0.29, 0.717) is 5.82 Å². The first-order chi connectivity index (χ1) is 9.76. The van der Waals surface area contributed by atoms with Crippen molar-refractivity contribution in [2.24, 2.45) is 0 Å². The predicted molar refractivity (Wildman–Crippen MR) is 83.4 cm³/mol. The Hall–Kier alpha value is -2.10. The fraction of sp³-hybridized carbons (Fsp3) is 0.312. The zero-order chi connectivity index (χ0) is 14.1. The summed E-state index contributed by atoms with van der Waals surface area (Å²) < 4.78 is 2.05. The molecule has 0 amide bonds. The lowest BCUT2D eigenvalue weighted by Gasteiger charge is -2.06. The number of rotatable bonds is 4. The molecule has 0 aliphatic rings. The fourth-order valence-electron chi connectivity index (χ4n) is 2.72. The minimum absolute atomic E-state index is 0.521. The molecule has 20 heavy (non-hydrogen) atoms. The zero-order valence-corrected chi connectivity index (χ0v) is 11.9. The van der Waals surface area contributed by atoms with Crippen LogP contribution in [-0.4, -0.2) is 14.8 Å². The maximum atomic E-state index is 6.09. The lowest BCUT2D eigenvalue weighted by molar-refractivity contribution is 0.625. The first-order valence-corrected chi connectivity index (χ1v) is 7.07. The Morgan fingerprint density at radius 2 is 2.10 bits per heavy atom. The molecule has 2 heterocycles. The molecule has 0 aliphatic carbocycles. The first kappa shape index (κ1) is 12.9. The lowest BCUT2D eigenvalue weighted by atomic mass is 10.1. The third-order valence-corrected chi connectivity index (χ3v) is 3.68. The minimum atomic E-state index is 0.521. The van der Waals surface area contributed by atoms with Crippen molar-refractivity contribution in [2.75, 3.05) is 5.73 Å². The molecule has 0 unspecified atom stereocenters. The number of para-hydroxylation sites is 1. The number of benzene rings is 1. The summed E-state index contributed by atoms with van der Waals surface area (Å²) in [5, 5.41) is 6.95. The van der Waals surface area contributed by atoms with E-state index in [1.807, 2.05) is 18.2 Å². The Balaban J connectivity index is 2.38. The van der Waals surface area contributed by atoms with Crippen molar-refractivity contribution < 1.29 is 0 Å². The Morgan fingerprint density at radius 1 is 1.30 bits per heavy atom. The van der Waals surface area contributed by atoms with Crippen molar-refractivity contribution >= 4 is 27.6 Å². The van der Waals surface area contributed by atoms with Crippen LogP contribution in [0.5, 0.6) is 0 Å². The number of unbranched alkanes of at least 4 members (excludes halogenated alkanes) is 1. The van der Waals surface area contributed by atoms with E-state index in [4.69, 9.17) is 5.73 Å². The molecular weight excluding hydrogens is 248 g/mol. The van der Waals surface area contributed by atoms with E-state index in [1.54, 1.807) is 0 Å². The van der Waals surface area contributed by atoms with Crippen LogP contribution >= 0.6 is 0 Å². The van der Waals surface area contributed by atoms with Gasteiger partial charge in [0.05, 0.1) is 5.52 Å². The van der Waals surface area contributed by atoms with Gasteiger partial charge in [0.15, 0.2) is 5.82 Å². The molecule has 4 heteroatoms. The van der Waals surface area contributed by atoms with Crippen LogP contribution in [0.3, 0.4) is 0 Å². The van der Waals surface area contributed by atoms with Crippen LogP contribution < -0.4 is 5.73 Å². The van der Waals surface area contributed by atoms with Gasteiger partial charge in [0, 0.05) is 23.0 Å². The highest BCUT2D eigenvalue weighted by Crippen LogP contribution is 2.31. The quantitative estimate of drug-likeness (QED) is 0.788. The van der Waals surface area contributed by atoms with Gasteiger partial charge in [0.25, 0.3) is 0 Å². The molecule has 0 saturated heterocycles. The number of pyridine rings is 1. The first-order valence-electron chi connectivity index (χ1n) is 7.07. The zero-order valence-electron chi connectivity index (χ0n) is 11.9. The number of aromatic nitrogens is 3. The summed E-state index contributed by atoms with van der Waals surface area (Å²) in [7, 11) is 0. The Labute approximate surface area is 118 Å². The minimum Gasteiger partial charge on any atom is -0.382 e. The second-order valence-electron chi connectivity index (χ2n) is 4.95. The molecular formula is C16H19N4. The van der Waals surface area contributed by atoms with Crippen LogP contribution in [0.4, 0.5) is 5.82 Å². The number of aryl methyl sites for hydroxylation is 2. The highest BCUT2D eigenvalue weighted by Gasteiger charge is 2.16. The molecule has 2 aromatic heterocycles. The van der Waals surface area contributed by atoms with E-state index in [-0.39, 0.29) is 0 Å². The van der Waals surface area contributed by atoms with Crippen molar-refractivity contribution in [1.82, 2.24) is 14.8 Å². The maximum absolute atomic E-state index is 6.09. The average molecular weight is 267 g/mol. The Kier molecular flexibility index (Phi) is 3.30. The van der Waals surface area contributed by atoms with Gasteiger partial charge in [-0.15, -0.1) is 0 Å². The molecule has 0 fully saturated rings. The van der Waals surface area contributed by atoms with Crippen molar-refractivity contribution in [1.29, 1.82) is 0 Å². The molecule has 0 saturated carbocycles. The van der Waals surface area contributed by atoms with E-state index >= 15 is 0 Å². The van der Waals surface area contributed by atoms with Gasteiger partial charge in [0.1, 0.15) is 5.52 Å². The van der Waals surface area contributed by atoms with Gasteiger partial charge in [-0.25, -0.2) is 4.98 Å². The number of hydrogen-bond donors (Lipinski definition) is 1. The van der Waals surface area contributed by atoms with Crippen LogP contribution in [0.25, 0.3) is 21.8 Å². The summed E-state index contributed by atoms with van der Waals surface area (Å²) >= 11 is 0. The third-order valence-electron chi connectivity index (χ3n) is 3.68. The monoisotopic (exact) mass is 267 g/mol. The summed E-state index contributed by atoms with van der Waals surface area (Å²) in [4.78, 5) is 4.47. The van der Waals surface area contributed by atoms with Crippen LogP contribution in [0.1, 0.15) is 26.0 Å². The number of nitrogen functional groups attached to an aromatic ring is 1. The van der Waals surface area contributed by atoms with Crippen molar-refractivity contribution in [3.8, 4) is 0 Å². The molecule has 0 atom stereocenters. The molecule has 0 spiro atoms. The average Bonchev–Trinajstić information content (AvgIpc) is 2.84. The molecule has 0 aliphatic heterocycles. The normalized spacial score (nSPS) is 11.5. The van der Waals surface area contributed by atoms with Gasteiger partial charge in [-0.1, -0.05) is 25.1 Å². The highest BCUT2D eigenvalue weighted by atomic mass is 15.3. The number of hydrogen-bond acceptors (Lipinski definition) is 3. The summed E-state index contributed by atoms with van der Waals surface area (Å²) in [6.07, 6.45) is 4.21. The number of nitrogens with two attached hydrogens (primary N) is 1. The summed E-state index contributed by atoms with van der Waals surface area (Å²) in [6, 6.07) is 8.14. The molecule has 2 N–H and O–H groups in total. The molecule has 103 valence electrons. The van der Waals surface area contributed by atoms with E-state index in [1.165, 1.54) is 5.69 Å². The van der Waals surface area contributed by atoms with Gasteiger partial charge in [-0.05, 0) is 32.3 Å². The van der Waals surface area contributed by atoms with E-state index in [0.717, 1.165) is 41.2 Å². The summed E-state index contributed by atoms with van der Waals surface area (Å²) in [6.45, 7) is 5.04. The number of nitrogens with zero attached hydrogens (tertiary/aromatic N) is 3. The SMILES string of the molecule is C[CH]CCc1c2c(nn1CC)c(N)nc1ccccc12. The molecule has 1 aromatic carbocycles. The van der Waals surface area contributed by atoms with Gasteiger partial charge < -0.3 is 5.73 Å². The topological polar surface area (TPSA) is 56.7 Å². The van der Waals surface area contributed by atoms with Crippen molar-refractivity contribution in [3.63, 3.8) is 0 Å². The molecule has 3 rings (SSSR count). The van der Waals surface area contributed by atoms with Crippen molar-refractivity contribution in [3.05, 3.63) is 36.4 Å². The smallest absolute Gasteiger partial charge is 0.152 e. The van der Waals surface area contributed by atoms with Gasteiger partial charge in [0.2, 0.25) is 0 Å². The second-order valence-corrected chi connectivity index (χ2v) is 4.95. The number of anilines is 1. The van der Waals surface area contributed by atoms with Gasteiger partial charge in [-0.2, -0.15) is 5.10 Å². The predicted octanol–water partition coefficient (Wildman–Crippen LogP) is 3.34. The van der Waals surface area contributed by atoms with Crippen LogP contribution in [0, 0.1) is 6.42 Å². The summed E-state index contributed by atoms with van der Waals surface area (Å²) in [5.74, 6) is 0.521. The molecule has 4 nitrogen and oxygen atoms in total. The Bertz CT molecular complexity index is 758. The van der Waals surface area contributed by atoms with E-state index < -0.39 is 0 Å². The van der Waals surface area contributed by atoms with E-state index in [9.17, 15) is 0 Å². The third kappa shape index (κ3) is 1.92. The Morgan fingerprint density at radius 3 is 2.85 bits per heavy atom. The highest BCUT2D eigenvalue weighted by molar-refractivity contribution is 6.09. The molecule has 1 radical (unpaired) electrons. The van der Waals surface area contributed by atoms with Crippen LogP contribution in [0.2, 0.25) is 0 Å². The van der Waals surface area contributed by atoms with Gasteiger partial charge in [-0.3, -0.25) is 4.68 Å². The van der Waals surface area contributed by atoms with Crippen LogP contribution in [-0.2, 0) is 13.0 Å². The second kappa shape index (κ2) is 5.12. The van der Waals surface area contributed by atoms with E-state index in [2.05, 4.69) is 41.1 Å². The largest absolute Gasteiger partial charge is 0.382 e. The van der Waals surface area contributed by atoms with Crippen molar-refractivity contribution in [2.45, 2.75) is 33.2 Å². The van der Waals surface area contributed by atoms with Gasteiger partial charge >= 0.3 is 0 Å². The molecule has 0 bridgehead atoms. The maximum Gasteiger partial charge on any atom is 0.152 e. The van der Waals surface area contributed by atoms with Crippen LogP contribution in [0.15, 0.2) is 24.3 Å². The lowest BCUT2D eigenvalue weighted by Crippen LogP contribution is -2.02. The summed E-state index contributed by atoms with van der Waals surface area (Å²) in [5.41, 5.74) is 9.12. The number of fused-ring (bicyclic) bond motifs is 3.